The summed E-state index contributed by atoms with van der Waals surface area (Å²) >= 11 is 0. The zero-order valence-electron chi connectivity index (χ0n) is 12.8. The van der Waals surface area contributed by atoms with Crippen LogP contribution in [0.1, 0.15) is 56.0 Å². The molecule has 1 saturated carbocycles. The number of carbonyl (C=O) groups excluding carboxylic acids is 1. The van der Waals surface area contributed by atoms with E-state index in [0.717, 1.165) is 6.42 Å². The van der Waals surface area contributed by atoms with Crippen LogP contribution in [0.2, 0.25) is 0 Å². The molecule has 2 rings (SSSR count). The topological polar surface area (TPSA) is 66.4 Å². The van der Waals surface area contributed by atoms with E-state index >= 15 is 0 Å². The molecule has 1 aliphatic rings. The molecule has 0 unspecified atom stereocenters. The number of hydrogen-bond acceptors (Lipinski definition) is 2. The lowest BCUT2D eigenvalue weighted by Crippen LogP contribution is -2.33. The van der Waals surface area contributed by atoms with Crippen LogP contribution < -0.4 is 5.32 Å². The zero-order valence-corrected chi connectivity index (χ0v) is 12.8. The highest BCUT2D eigenvalue weighted by Gasteiger charge is 2.30. The molecule has 0 spiro atoms. The van der Waals surface area contributed by atoms with E-state index in [-0.39, 0.29) is 23.3 Å². The highest BCUT2D eigenvalue weighted by atomic mass is 16.4. The number of amides is 1. The van der Waals surface area contributed by atoms with E-state index in [1.807, 2.05) is 24.3 Å². The Labute approximate surface area is 125 Å². The van der Waals surface area contributed by atoms with Crippen molar-refractivity contribution in [1.29, 1.82) is 0 Å². The molecule has 2 atom stereocenters. The van der Waals surface area contributed by atoms with Gasteiger partial charge in [0.25, 0.3) is 5.91 Å². The van der Waals surface area contributed by atoms with Gasteiger partial charge in [-0.2, -0.15) is 0 Å². The van der Waals surface area contributed by atoms with Crippen molar-refractivity contribution in [3.8, 4) is 0 Å². The molecule has 1 fully saturated rings. The summed E-state index contributed by atoms with van der Waals surface area (Å²) in [7, 11) is 0. The summed E-state index contributed by atoms with van der Waals surface area (Å²) < 4.78 is 0. The van der Waals surface area contributed by atoms with Crippen molar-refractivity contribution in [3.05, 3.63) is 35.4 Å². The minimum Gasteiger partial charge on any atom is -0.481 e. The fraction of sp³-hybridized carbons (Fsp3) is 0.529. The van der Waals surface area contributed by atoms with Gasteiger partial charge in [0.2, 0.25) is 0 Å². The van der Waals surface area contributed by atoms with E-state index in [1.54, 1.807) is 0 Å². The van der Waals surface area contributed by atoms with Crippen LogP contribution in [0.4, 0.5) is 0 Å². The highest BCUT2D eigenvalue weighted by Crippen LogP contribution is 2.26. The number of carbonyl (C=O) groups is 2. The molecule has 0 radical (unpaired) electrons. The quantitative estimate of drug-likeness (QED) is 0.899. The summed E-state index contributed by atoms with van der Waals surface area (Å²) in [6, 6.07) is 7.59. The number of hydrogen-bond donors (Lipinski definition) is 2. The fourth-order valence-electron chi connectivity index (χ4n) is 2.73. The average molecular weight is 289 g/mol. The molecule has 21 heavy (non-hydrogen) atoms. The Balaban J connectivity index is 1.97. The smallest absolute Gasteiger partial charge is 0.306 e. The van der Waals surface area contributed by atoms with Crippen LogP contribution in [0.3, 0.4) is 0 Å². The predicted molar refractivity (Wildman–Crippen MR) is 81.4 cm³/mol. The van der Waals surface area contributed by atoms with Crippen molar-refractivity contribution in [2.45, 2.75) is 51.5 Å². The fourth-order valence-corrected chi connectivity index (χ4v) is 2.73. The van der Waals surface area contributed by atoms with Gasteiger partial charge in [-0.25, -0.2) is 0 Å². The number of aliphatic carboxylic acids is 1. The molecular weight excluding hydrogens is 266 g/mol. The number of nitrogens with one attached hydrogen (secondary N) is 1. The maximum Gasteiger partial charge on any atom is 0.306 e. The second-order valence-corrected chi connectivity index (χ2v) is 6.85. The molecule has 1 amide bonds. The monoisotopic (exact) mass is 289 g/mol. The first-order valence-electron chi connectivity index (χ1n) is 7.41. The summed E-state index contributed by atoms with van der Waals surface area (Å²) in [6.07, 6.45) is 1.91. The third kappa shape index (κ3) is 3.84. The number of carboxylic acids is 1. The molecule has 0 heterocycles. The maximum atomic E-state index is 12.2. The Hall–Kier alpha value is -1.84. The van der Waals surface area contributed by atoms with Gasteiger partial charge in [0.15, 0.2) is 0 Å². The molecule has 0 aromatic heterocycles. The van der Waals surface area contributed by atoms with Gasteiger partial charge in [0.1, 0.15) is 0 Å². The lowest BCUT2D eigenvalue weighted by atomic mass is 9.86. The largest absolute Gasteiger partial charge is 0.481 e. The second-order valence-electron chi connectivity index (χ2n) is 6.85. The minimum atomic E-state index is -0.763. The van der Waals surface area contributed by atoms with Crippen molar-refractivity contribution < 1.29 is 14.7 Å². The SMILES string of the molecule is CC(C)(C)c1ccc(C(=O)N[C@H]2CC[C@@H](C(=O)O)C2)cc1. The van der Waals surface area contributed by atoms with Gasteiger partial charge in [-0.05, 0) is 42.4 Å². The van der Waals surface area contributed by atoms with Gasteiger partial charge >= 0.3 is 5.97 Å². The molecule has 1 aromatic carbocycles. The summed E-state index contributed by atoms with van der Waals surface area (Å²) in [5.74, 6) is -1.20. The van der Waals surface area contributed by atoms with E-state index in [2.05, 4.69) is 26.1 Å². The molecule has 0 saturated heterocycles. The van der Waals surface area contributed by atoms with Crippen LogP contribution in [0.15, 0.2) is 24.3 Å². The summed E-state index contributed by atoms with van der Waals surface area (Å²) in [5, 5.41) is 11.9. The van der Waals surface area contributed by atoms with Crippen molar-refractivity contribution in [2.75, 3.05) is 0 Å². The highest BCUT2D eigenvalue weighted by molar-refractivity contribution is 5.94. The molecule has 0 aliphatic heterocycles. The zero-order chi connectivity index (χ0) is 15.6. The van der Waals surface area contributed by atoms with Gasteiger partial charge in [-0.3, -0.25) is 9.59 Å². The van der Waals surface area contributed by atoms with Crippen LogP contribution in [0, 0.1) is 5.92 Å². The molecule has 4 nitrogen and oxygen atoms in total. The molecule has 114 valence electrons. The lowest BCUT2D eigenvalue weighted by molar-refractivity contribution is -0.141. The Bertz CT molecular complexity index is 528. The van der Waals surface area contributed by atoms with Gasteiger partial charge in [0, 0.05) is 11.6 Å². The van der Waals surface area contributed by atoms with Gasteiger partial charge in [-0.1, -0.05) is 32.9 Å². The third-order valence-corrected chi connectivity index (χ3v) is 4.13. The van der Waals surface area contributed by atoms with Crippen LogP contribution in [-0.2, 0) is 10.2 Å². The molecule has 1 aliphatic carbocycles. The molecule has 1 aromatic rings. The van der Waals surface area contributed by atoms with Crippen LogP contribution in [0.5, 0.6) is 0 Å². The lowest BCUT2D eigenvalue weighted by Gasteiger charge is -2.19. The number of benzene rings is 1. The number of carboxylic acid groups (broad SMARTS) is 1. The van der Waals surface area contributed by atoms with Crippen molar-refractivity contribution in [2.24, 2.45) is 5.92 Å². The minimum absolute atomic E-state index is 0.0270. The molecular formula is C17H23NO3. The molecule has 4 heteroatoms. The van der Waals surface area contributed by atoms with Crippen LogP contribution >= 0.6 is 0 Å². The van der Waals surface area contributed by atoms with E-state index < -0.39 is 5.97 Å². The van der Waals surface area contributed by atoms with E-state index in [1.165, 1.54) is 5.56 Å². The van der Waals surface area contributed by atoms with Crippen molar-refractivity contribution in [3.63, 3.8) is 0 Å². The Morgan fingerprint density at radius 3 is 2.24 bits per heavy atom. The first-order valence-corrected chi connectivity index (χ1v) is 7.41. The Morgan fingerprint density at radius 2 is 1.76 bits per heavy atom. The molecule has 2 N–H and O–H groups in total. The average Bonchev–Trinajstić information content (AvgIpc) is 2.86. The summed E-state index contributed by atoms with van der Waals surface area (Å²) in [5.41, 5.74) is 1.88. The standard InChI is InChI=1S/C17H23NO3/c1-17(2,3)13-7-4-11(5-8-13)15(19)18-14-9-6-12(10-14)16(20)21/h4-5,7-8,12,14H,6,9-10H2,1-3H3,(H,18,19)(H,20,21)/t12-,14+/m1/s1. The number of rotatable bonds is 3. The Kier molecular flexibility index (Phi) is 4.35. The first kappa shape index (κ1) is 15.5. The maximum absolute atomic E-state index is 12.2. The van der Waals surface area contributed by atoms with Crippen molar-refractivity contribution >= 4 is 11.9 Å². The third-order valence-electron chi connectivity index (χ3n) is 4.13. The van der Waals surface area contributed by atoms with Gasteiger partial charge in [0.05, 0.1) is 5.92 Å². The van der Waals surface area contributed by atoms with E-state index in [4.69, 9.17) is 5.11 Å². The van der Waals surface area contributed by atoms with Gasteiger partial charge < -0.3 is 10.4 Å². The van der Waals surface area contributed by atoms with E-state index in [0.29, 0.717) is 18.4 Å². The molecule has 0 bridgehead atoms. The second kappa shape index (κ2) is 5.88. The van der Waals surface area contributed by atoms with Crippen LogP contribution in [-0.4, -0.2) is 23.0 Å². The summed E-state index contributed by atoms with van der Waals surface area (Å²) in [6.45, 7) is 6.39. The van der Waals surface area contributed by atoms with E-state index in [9.17, 15) is 9.59 Å². The summed E-state index contributed by atoms with van der Waals surface area (Å²) in [4.78, 5) is 23.1. The van der Waals surface area contributed by atoms with Gasteiger partial charge in [-0.15, -0.1) is 0 Å². The van der Waals surface area contributed by atoms with Crippen LogP contribution in [0.25, 0.3) is 0 Å². The Morgan fingerprint density at radius 1 is 1.14 bits per heavy atom. The first-order chi connectivity index (χ1) is 9.77. The van der Waals surface area contributed by atoms with Crippen molar-refractivity contribution in [1.82, 2.24) is 5.32 Å². The predicted octanol–water partition coefficient (Wildman–Crippen LogP) is 2.97. The normalized spacial score (nSPS) is 22.0.